The molecule has 0 spiro atoms. The van der Waals surface area contributed by atoms with E-state index in [-0.39, 0.29) is 6.23 Å². The average Bonchev–Trinajstić information content (AvgIpc) is 2.27. The molecule has 0 amide bonds. The highest BCUT2D eigenvalue weighted by Gasteiger charge is 2.20. The Morgan fingerprint density at radius 2 is 1.73 bits per heavy atom. The molecule has 1 saturated heterocycles. The first kappa shape index (κ1) is 12.9. The van der Waals surface area contributed by atoms with Gasteiger partial charge in [0.25, 0.3) is 0 Å². The van der Waals surface area contributed by atoms with Gasteiger partial charge in [0.2, 0.25) is 0 Å². The van der Waals surface area contributed by atoms with Crippen LogP contribution in [0.2, 0.25) is 0 Å². The summed E-state index contributed by atoms with van der Waals surface area (Å²) >= 11 is 0. The smallest absolute Gasteiger partial charge is 0.107 e. The highest BCUT2D eigenvalue weighted by atomic mass is 16.3. The highest BCUT2D eigenvalue weighted by Crippen LogP contribution is 2.09. The molecule has 1 atom stereocenters. The Kier molecular flexibility index (Phi) is 6.22. The van der Waals surface area contributed by atoms with Crippen molar-refractivity contribution in [2.24, 2.45) is 0 Å². The van der Waals surface area contributed by atoms with Crippen molar-refractivity contribution < 1.29 is 5.11 Å². The molecule has 15 heavy (non-hydrogen) atoms. The number of piperazine rings is 1. The van der Waals surface area contributed by atoms with Gasteiger partial charge in [-0.2, -0.15) is 0 Å². The van der Waals surface area contributed by atoms with Crippen LogP contribution in [0.15, 0.2) is 0 Å². The Hall–Kier alpha value is -0.120. The van der Waals surface area contributed by atoms with Gasteiger partial charge in [0, 0.05) is 26.2 Å². The topological polar surface area (TPSA) is 26.7 Å². The zero-order chi connectivity index (χ0) is 11.1. The lowest BCUT2D eigenvalue weighted by Crippen LogP contribution is -2.50. The predicted octanol–water partition coefficient (Wildman–Crippen LogP) is 1.52. The minimum Gasteiger partial charge on any atom is -0.378 e. The van der Waals surface area contributed by atoms with Crippen LogP contribution in [0.25, 0.3) is 0 Å². The van der Waals surface area contributed by atoms with E-state index < -0.39 is 0 Å². The van der Waals surface area contributed by atoms with E-state index in [9.17, 15) is 5.11 Å². The quantitative estimate of drug-likeness (QED) is 0.726. The number of hydrogen-bond donors (Lipinski definition) is 1. The molecule has 1 rings (SSSR count). The lowest BCUT2D eigenvalue weighted by molar-refractivity contribution is -0.0301. The number of aliphatic hydroxyl groups excluding tert-OH is 1. The van der Waals surface area contributed by atoms with E-state index in [1.165, 1.54) is 19.4 Å². The standard InChI is InChI=1S/C12H26N2O/c1-3-5-7-13-8-10-14(11-9-13)12(15)6-4-2/h12,15H,3-11H2,1-2H3. The first-order chi connectivity index (χ1) is 7.27. The van der Waals surface area contributed by atoms with Crippen molar-refractivity contribution >= 4 is 0 Å². The van der Waals surface area contributed by atoms with Crippen molar-refractivity contribution in [3.63, 3.8) is 0 Å². The lowest BCUT2D eigenvalue weighted by atomic mass is 10.2. The van der Waals surface area contributed by atoms with Crippen LogP contribution in [-0.2, 0) is 0 Å². The first-order valence-corrected chi connectivity index (χ1v) is 6.42. The highest BCUT2D eigenvalue weighted by molar-refractivity contribution is 4.73. The molecule has 1 aliphatic heterocycles. The monoisotopic (exact) mass is 214 g/mol. The minimum atomic E-state index is -0.205. The molecule has 1 fully saturated rings. The minimum absolute atomic E-state index is 0.205. The molecule has 0 aromatic rings. The SMILES string of the molecule is CCCCN1CCN(C(O)CCC)CC1. The van der Waals surface area contributed by atoms with Crippen LogP contribution in [0.3, 0.4) is 0 Å². The maximum absolute atomic E-state index is 9.84. The second-order valence-corrected chi connectivity index (χ2v) is 4.50. The normalized spacial score (nSPS) is 21.8. The third-order valence-corrected chi connectivity index (χ3v) is 3.20. The second-order valence-electron chi connectivity index (χ2n) is 4.50. The third-order valence-electron chi connectivity index (χ3n) is 3.20. The molecule has 1 aliphatic rings. The Balaban J connectivity index is 2.17. The summed E-state index contributed by atoms with van der Waals surface area (Å²) in [5.41, 5.74) is 0. The fraction of sp³-hybridized carbons (Fsp3) is 1.00. The van der Waals surface area contributed by atoms with E-state index in [2.05, 4.69) is 23.6 Å². The zero-order valence-corrected chi connectivity index (χ0v) is 10.3. The summed E-state index contributed by atoms with van der Waals surface area (Å²) in [5.74, 6) is 0. The van der Waals surface area contributed by atoms with E-state index in [0.29, 0.717) is 0 Å². The molecular formula is C12H26N2O. The van der Waals surface area contributed by atoms with Gasteiger partial charge in [-0.05, 0) is 19.4 Å². The van der Waals surface area contributed by atoms with Gasteiger partial charge in [0.15, 0.2) is 0 Å². The predicted molar refractivity (Wildman–Crippen MR) is 63.8 cm³/mol. The van der Waals surface area contributed by atoms with Crippen LogP contribution in [0.4, 0.5) is 0 Å². The van der Waals surface area contributed by atoms with Crippen molar-refractivity contribution in [1.29, 1.82) is 0 Å². The van der Waals surface area contributed by atoms with Gasteiger partial charge >= 0.3 is 0 Å². The molecule has 0 radical (unpaired) electrons. The van der Waals surface area contributed by atoms with Crippen molar-refractivity contribution in [3.8, 4) is 0 Å². The number of hydrogen-bond acceptors (Lipinski definition) is 3. The van der Waals surface area contributed by atoms with Gasteiger partial charge in [0.1, 0.15) is 6.23 Å². The molecular weight excluding hydrogens is 188 g/mol. The van der Waals surface area contributed by atoms with Crippen molar-refractivity contribution in [2.75, 3.05) is 32.7 Å². The van der Waals surface area contributed by atoms with E-state index in [1.54, 1.807) is 0 Å². The lowest BCUT2D eigenvalue weighted by Gasteiger charge is -2.37. The Morgan fingerprint density at radius 3 is 2.27 bits per heavy atom. The molecule has 1 unspecified atom stereocenters. The number of aliphatic hydroxyl groups is 1. The summed E-state index contributed by atoms with van der Waals surface area (Å²) in [6.07, 6.45) is 4.35. The molecule has 90 valence electrons. The van der Waals surface area contributed by atoms with E-state index in [0.717, 1.165) is 39.0 Å². The molecule has 3 nitrogen and oxygen atoms in total. The third kappa shape index (κ3) is 4.49. The summed E-state index contributed by atoms with van der Waals surface area (Å²) < 4.78 is 0. The average molecular weight is 214 g/mol. The summed E-state index contributed by atoms with van der Waals surface area (Å²) in [7, 11) is 0. The van der Waals surface area contributed by atoms with Crippen LogP contribution in [0.1, 0.15) is 39.5 Å². The fourth-order valence-electron chi connectivity index (χ4n) is 2.11. The summed E-state index contributed by atoms with van der Waals surface area (Å²) in [5, 5.41) is 9.84. The van der Waals surface area contributed by atoms with E-state index in [1.807, 2.05) is 0 Å². The fourth-order valence-corrected chi connectivity index (χ4v) is 2.11. The summed E-state index contributed by atoms with van der Waals surface area (Å²) in [4.78, 5) is 4.73. The molecule has 0 aromatic carbocycles. The van der Waals surface area contributed by atoms with Crippen molar-refractivity contribution in [2.45, 2.75) is 45.8 Å². The maximum atomic E-state index is 9.84. The zero-order valence-electron chi connectivity index (χ0n) is 10.3. The van der Waals surface area contributed by atoms with Gasteiger partial charge in [0.05, 0.1) is 0 Å². The van der Waals surface area contributed by atoms with Gasteiger partial charge < -0.3 is 10.0 Å². The van der Waals surface area contributed by atoms with Crippen LogP contribution in [0, 0.1) is 0 Å². The van der Waals surface area contributed by atoms with E-state index >= 15 is 0 Å². The maximum Gasteiger partial charge on any atom is 0.107 e. The van der Waals surface area contributed by atoms with Gasteiger partial charge in [-0.15, -0.1) is 0 Å². The molecule has 0 bridgehead atoms. The van der Waals surface area contributed by atoms with Gasteiger partial charge in [-0.1, -0.05) is 26.7 Å². The molecule has 0 aromatic heterocycles. The Labute approximate surface area is 94.1 Å². The summed E-state index contributed by atoms with van der Waals surface area (Å²) in [6, 6.07) is 0. The van der Waals surface area contributed by atoms with Crippen molar-refractivity contribution in [1.82, 2.24) is 9.80 Å². The van der Waals surface area contributed by atoms with Gasteiger partial charge in [-0.25, -0.2) is 0 Å². The number of nitrogens with zero attached hydrogens (tertiary/aromatic N) is 2. The molecule has 1 N–H and O–H groups in total. The Morgan fingerprint density at radius 1 is 1.07 bits per heavy atom. The molecule has 1 heterocycles. The number of unbranched alkanes of at least 4 members (excludes halogenated alkanes) is 1. The second kappa shape index (κ2) is 7.20. The van der Waals surface area contributed by atoms with Crippen LogP contribution in [0.5, 0.6) is 0 Å². The molecule has 3 heteroatoms. The first-order valence-electron chi connectivity index (χ1n) is 6.42. The largest absolute Gasteiger partial charge is 0.378 e. The summed E-state index contributed by atoms with van der Waals surface area (Å²) in [6.45, 7) is 9.91. The molecule has 0 aliphatic carbocycles. The van der Waals surface area contributed by atoms with E-state index in [4.69, 9.17) is 0 Å². The van der Waals surface area contributed by atoms with Crippen LogP contribution < -0.4 is 0 Å². The van der Waals surface area contributed by atoms with Crippen LogP contribution >= 0.6 is 0 Å². The van der Waals surface area contributed by atoms with Crippen molar-refractivity contribution in [3.05, 3.63) is 0 Å². The van der Waals surface area contributed by atoms with Crippen LogP contribution in [-0.4, -0.2) is 53.9 Å². The number of rotatable bonds is 6. The molecule has 0 saturated carbocycles. The Bertz CT molecular complexity index is 156. The van der Waals surface area contributed by atoms with Gasteiger partial charge in [-0.3, -0.25) is 4.90 Å².